The Morgan fingerprint density at radius 1 is 0.481 bits per heavy atom. The quantitative estimate of drug-likeness (QED) is 0.180. The third-order valence-corrected chi connectivity index (χ3v) is 11.3. The van der Waals surface area contributed by atoms with E-state index < -0.39 is 0 Å². The number of anilines is 3. The molecule has 2 aromatic heterocycles. The third-order valence-electron chi connectivity index (χ3n) is 11.3. The van der Waals surface area contributed by atoms with E-state index in [-0.39, 0.29) is 5.41 Å². The maximum Gasteiger partial charge on any atom is 0.227 e. The standard InChI is InChI=1S/C50H34N2O2/c1-50(2)41-19-9-8-18-38(41)39-25-24-37(28-42(39)50)52(36-17-10-16-34(27-36)35-23-22-31-12-6-7-15-33(31)26-35)44-20-11-21-45-48(44)40-29-43-47(30-46(40)53-45)54-49(51-43)32-13-4-3-5-14-32/h3-30H,1-2H3. The molecular weight excluding hydrogens is 661 g/mol. The van der Waals surface area contributed by atoms with Crippen molar-refractivity contribution in [1.82, 2.24) is 4.98 Å². The first-order valence-corrected chi connectivity index (χ1v) is 18.4. The molecule has 0 atom stereocenters. The van der Waals surface area contributed by atoms with Crippen molar-refractivity contribution in [2.75, 3.05) is 4.90 Å². The van der Waals surface area contributed by atoms with Gasteiger partial charge >= 0.3 is 0 Å². The molecule has 8 aromatic carbocycles. The number of hydrogen-bond donors (Lipinski definition) is 0. The van der Waals surface area contributed by atoms with Gasteiger partial charge in [-0.1, -0.05) is 117 Å². The minimum Gasteiger partial charge on any atom is -0.456 e. The fraction of sp³-hybridized carbons (Fsp3) is 0.0600. The van der Waals surface area contributed by atoms with E-state index in [1.807, 2.05) is 36.4 Å². The molecule has 256 valence electrons. The fourth-order valence-electron chi connectivity index (χ4n) is 8.57. The van der Waals surface area contributed by atoms with Crippen molar-refractivity contribution in [3.05, 3.63) is 181 Å². The van der Waals surface area contributed by atoms with E-state index in [0.29, 0.717) is 11.5 Å². The Balaban J connectivity index is 1.14. The topological polar surface area (TPSA) is 42.4 Å². The summed E-state index contributed by atoms with van der Waals surface area (Å²) in [5.74, 6) is 0.594. The van der Waals surface area contributed by atoms with Crippen LogP contribution in [0.15, 0.2) is 179 Å². The Kier molecular flexibility index (Phi) is 6.56. The summed E-state index contributed by atoms with van der Waals surface area (Å²) >= 11 is 0. The Labute approximate surface area is 312 Å². The summed E-state index contributed by atoms with van der Waals surface area (Å²) in [5.41, 5.74) is 14.6. The van der Waals surface area contributed by atoms with E-state index in [0.717, 1.165) is 55.6 Å². The Morgan fingerprint density at radius 3 is 2.13 bits per heavy atom. The summed E-state index contributed by atoms with van der Waals surface area (Å²) < 4.78 is 12.9. The van der Waals surface area contributed by atoms with Crippen LogP contribution in [0.3, 0.4) is 0 Å². The van der Waals surface area contributed by atoms with Crippen LogP contribution < -0.4 is 4.90 Å². The second-order valence-corrected chi connectivity index (χ2v) is 14.8. The molecule has 0 spiro atoms. The molecule has 1 aliphatic carbocycles. The molecule has 2 heterocycles. The second kappa shape index (κ2) is 11.5. The maximum atomic E-state index is 6.61. The van der Waals surface area contributed by atoms with E-state index in [4.69, 9.17) is 13.8 Å². The zero-order valence-corrected chi connectivity index (χ0v) is 29.9. The molecule has 1 aliphatic rings. The average Bonchev–Trinajstić information content (AvgIpc) is 3.87. The van der Waals surface area contributed by atoms with Gasteiger partial charge in [0.1, 0.15) is 16.7 Å². The first-order valence-electron chi connectivity index (χ1n) is 18.4. The van der Waals surface area contributed by atoms with Crippen LogP contribution in [0, 0.1) is 0 Å². The zero-order valence-electron chi connectivity index (χ0n) is 29.9. The minimum atomic E-state index is -0.149. The van der Waals surface area contributed by atoms with Crippen LogP contribution in [0.2, 0.25) is 0 Å². The molecule has 4 heteroatoms. The number of oxazole rings is 1. The van der Waals surface area contributed by atoms with Crippen molar-refractivity contribution in [2.45, 2.75) is 19.3 Å². The number of fused-ring (bicyclic) bond motifs is 8. The first kappa shape index (κ1) is 30.7. The monoisotopic (exact) mass is 694 g/mol. The molecule has 4 nitrogen and oxygen atoms in total. The van der Waals surface area contributed by atoms with E-state index in [1.165, 1.54) is 38.6 Å². The predicted octanol–water partition coefficient (Wildman–Crippen LogP) is 14.0. The normalized spacial score (nSPS) is 13.1. The Morgan fingerprint density at radius 2 is 1.22 bits per heavy atom. The lowest BCUT2D eigenvalue weighted by Gasteiger charge is -2.29. The summed E-state index contributed by atoms with van der Waals surface area (Å²) in [6.45, 7) is 4.67. The molecule has 0 N–H and O–H groups in total. The van der Waals surface area contributed by atoms with Gasteiger partial charge in [-0.2, -0.15) is 0 Å². The molecule has 0 saturated heterocycles. The summed E-state index contributed by atoms with van der Waals surface area (Å²) in [7, 11) is 0. The van der Waals surface area contributed by atoms with E-state index in [1.54, 1.807) is 0 Å². The molecule has 0 amide bonds. The van der Waals surface area contributed by atoms with Crippen LogP contribution in [0.5, 0.6) is 0 Å². The van der Waals surface area contributed by atoms with Gasteiger partial charge in [-0.25, -0.2) is 4.98 Å². The zero-order chi connectivity index (χ0) is 36.0. The van der Waals surface area contributed by atoms with E-state index in [2.05, 4.69) is 152 Å². The highest BCUT2D eigenvalue weighted by Gasteiger charge is 2.36. The third kappa shape index (κ3) is 4.66. The number of benzene rings is 8. The summed E-state index contributed by atoms with van der Waals surface area (Å²) in [6, 6.07) is 60.4. The van der Waals surface area contributed by atoms with Crippen LogP contribution in [0.25, 0.3) is 77.5 Å². The van der Waals surface area contributed by atoms with Gasteiger partial charge in [0, 0.05) is 33.8 Å². The van der Waals surface area contributed by atoms with Gasteiger partial charge in [-0.05, 0) is 105 Å². The van der Waals surface area contributed by atoms with Crippen LogP contribution in [-0.2, 0) is 5.41 Å². The van der Waals surface area contributed by atoms with Crippen molar-refractivity contribution in [2.24, 2.45) is 0 Å². The van der Waals surface area contributed by atoms with Gasteiger partial charge in [-0.3, -0.25) is 0 Å². The average molecular weight is 695 g/mol. The molecule has 0 fully saturated rings. The van der Waals surface area contributed by atoms with E-state index >= 15 is 0 Å². The van der Waals surface area contributed by atoms with Gasteiger partial charge in [0.15, 0.2) is 5.58 Å². The number of aromatic nitrogens is 1. The molecular formula is C50H34N2O2. The van der Waals surface area contributed by atoms with Gasteiger partial charge in [0.2, 0.25) is 5.89 Å². The molecule has 11 rings (SSSR count). The molecule has 0 saturated carbocycles. The molecule has 54 heavy (non-hydrogen) atoms. The first-order chi connectivity index (χ1) is 26.5. The lowest BCUT2D eigenvalue weighted by Crippen LogP contribution is -2.16. The second-order valence-electron chi connectivity index (χ2n) is 14.8. The fourth-order valence-corrected chi connectivity index (χ4v) is 8.57. The van der Waals surface area contributed by atoms with Crippen LogP contribution >= 0.6 is 0 Å². The summed E-state index contributed by atoms with van der Waals surface area (Å²) in [6.07, 6.45) is 0. The van der Waals surface area contributed by atoms with Gasteiger partial charge in [-0.15, -0.1) is 0 Å². The summed E-state index contributed by atoms with van der Waals surface area (Å²) in [4.78, 5) is 7.32. The van der Waals surface area contributed by atoms with Crippen LogP contribution in [-0.4, -0.2) is 4.98 Å². The van der Waals surface area contributed by atoms with Crippen molar-refractivity contribution < 1.29 is 8.83 Å². The SMILES string of the molecule is CC1(C)c2ccccc2-c2ccc(N(c3cccc(-c4ccc5ccccc5c4)c3)c3cccc4oc5cc6oc(-c7ccccc7)nc6cc5c34)cc21. The van der Waals surface area contributed by atoms with Crippen LogP contribution in [0.4, 0.5) is 17.1 Å². The lowest BCUT2D eigenvalue weighted by atomic mass is 9.82. The van der Waals surface area contributed by atoms with Gasteiger partial charge in [0.25, 0.3) is 0 Å². The molecule has 0 aliphatic heterocycles. The highest BCUT2D eigenvalue weighted by molar-refractivity contribution is 6.15. The summed E-state index contributed by atoms with van der Waals surface area (Å²) in [5, 5.41) is 4.47. The number of rotatable bonds is 5. The highest BCUT2D eigenvalue weighted by Crippen LogP contribution is 2.51. The largest absolute Gasteiger partial charge is 0.456 e. The molecule has 0 bridgehead atoms. The van der Waals surface area contributed by atoms with Crippen molar-refractivity contribution in [3.63, 3.8) is 0 Å². The molecule has 0 radical (unpaired) electrons. The van der Waals surface area contributed by atoms with Crippen molar-refractivity contribution >= 4 is 60.9 Å². The van der Waals surface area contributed by atoms with Crippen molar-refractivity contribution in [3.8, 4) is 33.7 Å². The lowest BCUT2D eigenvalue weighted by molar-refractivity contribution is 0.617. The van der Waals surface area contributed by atoms with Gasteiger partial charge in [0.05, 0.1) is 11.1 Å². The number of furan rings is 1. The molecule has 0 unspecified atom stereocenters. The van der Waals surface area contributed by atoms with Crippen LogP contribution in [0.1, 0.15) is 25.0 Å². The minimum absolute atomic E-state index is 0.149. The number of nitrogens with zero attached hydrogens (tertiary/aromatic N) is 2. The highest BCUT2D eigenvalue weighted by atomic mass is 16.4. The predicted molar refractivity (Wildman–Crippen MR) is 222 cm³/mol. The van der Waals surface area contributed by atoms with Gasteiger partial charge < -0.3 is 13.7 Å². The van der Waals surface area contributed by atoms with E-state index in [9.17, 15) is 0 Å². The Hall–Kier alpha value is -6.91. The van der Waals surface area contributed by atoms with Crippen molar-refractivity contribution in [1.29, 1.82) is 0 Å². The maximum absolute atomic E-state index is 6.61. The smallest absolute Gasteiger partial charge is 0.227 e. The Bertz CT molecular complexity index is 3100. The molecule has 10 aromatic rings. The number of hydrogen-bond acceptors (Lipinski definition) is 4.